The Kier molecular flexibility index (Phi) is 4.00. The Balaban J connectivity index is 2.54. The summed E-state index contributed by atoms with van der Waals surface area (Å²) in [5.41, 5.74) is 0. The van der Waals surface area contributed by atoms with Gasteiger partial charge in [0, 0.05) is 19.0 Å². The van der Waals surface area contributed by atoms with Crippen molar-refractivity contribution in [3.8, 4) is 0 Å². The summed E-state index contributed by atoms with van der Waals surface area (Å²) in [6.45, 7) is 6.34. The highest BCUT2D eigenvalue weighted by molar-refractivity contribution is 5.76. The van der Waals surface area contributed by atoms with Crippen molar-refractivity contribution in [1.82, 2.24) is 4.90 Å². The van der Waals surface area contributed by atoms with Gasteiger partial charge in [-0.25, -0.2) is 0 Å². The minimum Gasteiger partial charge on any atom is -0.336 e. The molecule has 0 unspecified atom stereocenters. The molecule has 1 rings (SSSR count). The summed E-state index contributed by atoms with van der Waals surface area (Å²) in [7, 11) is 0. The summed E-state index contributed by atoms with van der Waals surface area (Å²) in [6, 6.07) is 0.491. The van der Waals surface area contributed by atoms with E-state index < -0.39 is 0 Å². The predicted octanol–water partition coefficient (Wildman–Crippen LogP) is 2.35. The van der Waals surface area contributed by atoms with Crippen molar-refractivity contribution >= 4 is 5.91 Å². The smallest absolute Gasteiger partial charge is 0.222 e. The quantitative estimate of drug-likeness (QED) is 0.610. The lowest BCUT2D eigenvalue weighted by atomic mass is 10.2. The van der Waals surface area contributed by atoms with Gasteiger partial charge in [-0.05, 0) is 12.8 Å². The Morgan fingerprint density at radius 1 is 1.54 bits per heavy atom. The van der Waals surface area contributed by atoms with Crippen LogP contribution >= 0.6 is 0 Å². The van der Waals surface area contributed by atoms with E-state index in [0.717, 1.165) is 6.54 Å². The van der Waals surface area contributed by atoms with Gasteiger partial charge in [-0.1, -0.05) is 25.8 Å². The zero-order valence-corrected chi connectivity index (χ0v) is 8.46. The summed E-state index contributed by atoms with van der Waals surface area (Å²) in [5.74, 6) is 0.270. The molecule has 0 aromatic carbocycles. The summed E-state index contributed by atoms with van der Waals surface area (Å²) >= 11 is 0. The summed E-state index contributed by atoms with van der Waals surface area (Å²) in [6.07, 6.45) is 7.35. The Morgan fingerprint density at radius 3 is 2.62 bits per heavy atom. The average Bonchev–Trinajstić information content (AvgIpc) is 2.65. The number of nitrogens with zero attached hydrogens (tertiary/aromatic N) is 1. The van der Waals surface area contributed by atoms with Crippen molar-refractivity contribution in [3.63, 3.8) is 0 Å². The van der Waals surface area contributed by atoms with Gasteiger partial charge in [-0.3, -0.25) is 4.79 Å². The van der Waals surface area contributed by atoms with Gasteiger partial charge < -0.3 is 4.90 Å². The maximum Gasteiger partial charge on any atom is 0.222 e. The van der Waals surface area contributed by atoms with Crippen LogP contribution in [0.1, 0.15) is 39.0 Å². The first-order valence-electron chi connectivity index (χ1n) is 5.20. The molecule has 0 radical (unpaired) electrons. The molecule has 0 bridgehead atoms. The highest BCUT2D eigenvalue weighted by atomic mass is 16.2. The second-order valence-electron chi connectivity index (χ2n) is 3.63. The second-order valence-corrected chi connectivity index (χ2v) is 3.63. The number of rotatable bonds is 4. The number of amides is 1. The zero-order valence-electron chi connectivity index (χ0n) is 8.46. The molecule has 74 valence electrons. The molecule has 0 aromatic rings. The predicted molar refractivity (Wildman–Crippen MR) is 54.5 cm³/mol. The van der Waals surface area contributed by atoms with E-state index in [0.29, 0.717) is 12.5 Å². The Morgan fingerprint density at radius 2 is 2.15 bits per heavy atom. The molecule has 2 heteroatoms. The third-order valence-corrected chi connectivity index (χ3v) is 2.71. The maximum atomic E-state index is 11.6. The molecule has 0 aliphatic heterocycles. The number of hydrogen-bond donors (Lipinski definition) is 0. The third kappa shape index (κ3) is 2.58. The van der Waals surface area contributed by atoms with Crippen LogP contribution in [-0.2, 0) is 4.79 Å². The summed E-state index contributed by atoms with van der Waals surface area (Å²) in [5, 5.41) is 0. The first kappa shape index (κ1) is 10.3. The van der Waals surface area contributed by atoms with Crippen molar-refractivity contribution < 1.29 is 4.79 Å². The van der Waals surface area contributed by atoms with E-state index in [-0.39, 0.29) is 5.91 Å². The molecule has 0 saturated heterocycles. The molecule has 0 heterocycles. The van der Waals surface area contributed by atoms with Gasteiger partial charge >= 0.3 is 0 Å². The fraction of sp³-hybridized carbons (Fsp3) is 0.727. The van der Waals surface area contributed by atoms with E-state index in [1.165, 1.54) is 25.7 Å². The zero-order chi connectivity index (χ0) is 9.68. The largest absolute Gasteiger partial charge is 0.336 e. The molecule has 1 aliphatic carbocycles. The van der Waals surface area contributed by atoms with Crippen LogP contribution in [0, 0.1) is 0 Å². The van der Waals surface area contributed by atoms with Crippen LogP contribution in [-0.4, -0.2) is 23.4 Å². The van der Waals surface area contributed by atoms with Gasteiger partial charge in [-0.2, -0.15) is 0 Å². The minimum atomic E-state index is 0.270. The van der Waals surface area contributed by atoms with E-state index >= 15 is 0 Å². The van der Waals surface area contributed by atoms with E-state index in [1.54, 1.807) is 0 Å². The Hall–Kier alpha value is -0.790. The lowest BCUT2D eigenvalue weighted by Gasteiger charge is -2.27. The first-order valence-corrected chi connectivity index (χ1v) is 5.20. The summed E-state index contributed by atoms with van der Waals surface area (Å²) < 4.78 is 0. The Labute approximate surface area is 80.6 Å². The number of hydrogen-bond acceptors (Lipinski definition) is 1. The van der Waals surface area contributed by atoms with Crippen molar-refractivity contribution in [2.75, 3.05) is 6.54 Å². The molecule has 2 nitrogen and oxygen atoms in total. The molecule has 1 amide bonds. The SMILES string of the molecule is C=CCN(C(=O)CC)C1CCCC1. The molecule has 0 spiro atoms. The van der Waals surface area contributed by atoms with E-state index in [9.17, 15) is 4.79 Å². The second kappa shape index (κ2) is 5.05. The molecule has 1 aliphatic rings. The molecule has 1 fully saturated rings. The van der Waals surface area contributed by atoms with Crippen LogP contribution in [0.2, 0.25) is 0 Å². The average molecular weight is 181 g/mol. The highest BCUT2D eigenvalue weighted by Gasteiger charge is 2.24. The van der Waals surface area contributed by atoms with Gasteiger partial charge in [-0.15, -0.1) is 6.58 Å². The van der Waals surface area contributed by atoms with E-state index in [2.05, 4.69) is 6.58 Å². The molecule has 0 atom stereocenters. The van der Waals surface area contributed by atoms with Crippen LogP contribution in [0.3, 0.4) is 0 Å². The normalized spacial score (nSPS) is 17.3. The van der Waals surface area contributed by atoms with Gasteiger partial charge in [0.25, 0.3) is 0 Å². The van der Waals surface area contributed by atoms with Crippen LogP contribution < -0.4 is 0 Å². The fourth-order valence-electron chi connectivity index (χ4n) is 2.01. The molecule has 0 aromatic heterocycles. The van der Waals surface area contributed by atoms with Crippen LogP contribution in [0.15, 0.2) is 12.7 Å². The standard InChI is InChI=1S/C11H19NO/c1-3-9-12(11(13)4-2)10-7-5-6-8-10/h3,10H,1,4-9H2,2H3. The van der Waals surface area contributed by atoms with E-state index in [1.807, 2.05) is 17.9 Å². The molecular formula is C11H19NO. The summed E-state index contributed by atoms with van der Waals surface area (Å²) in [4.78, 5) is 13.6. The molecular weight excluding hydrogens is 162 g/mol. The van der Waals surface area contributed by atoms with Gasteiger partial charge in [0.1, 0.15) is 0 Å². The third-order valence-electron chi connectivity index (χ3n) is 2.71. The van der Waals surface area contributed by atoms with Gasteiger partial charge in [0.15, 0.2) is 0 Å². The minimum absolute atomic E-state index is 0.270. The van der Waals surface area contributed by atoms with Crippen molar-refractivity contribution in [2.45, 2.75) is 45.1 Å². The molecule has 1 saturated carbocycles. The Bertz CT molecular complexity index is 183. The maximum absolute atomic E-state index is 11.6. The van der Waals surface area contributed by atoms with Crippen LogP contribution in [0.5, 0.6) is 0 Å². The molecule has 0 N–H and O–H groups in total. The number of carbonyl (C=O) groups excluding carboxylic acids is 1. The fourth-order valence-corrected chi connectivity index (χ4v) is 2.01. The van der Waals surface area contributed by atoms with Crippen molar-refractivity contribution in [1.29, 1.82) is 0 Å². The van der Waals surface area contributed by atoms with Gasteiger partial charge in [0.05, 0.1) is 0 Å². The van der Waals surface area contributed by atoms with E-state index in [4.69, 9.17) is 0 Å². The number of carbonyl (C=O) groups is 1. The first-order chi connectivity index (χ1) is 6.29. The monoisotopic (exact) mass is 181 g/mol. The topological polar surface area (TPSA) is 20.3 Å². The van der Waals surface area contributed by atoms with Crippen molar-refractivity contribution in [2.24, 2.45) is 0 Å². The van der Waals surface area contributed by atoms with Crippen LogP contribution in [0.25, 0.3) is 0 Å². The van der Waals surface area contributed by atoms with Crippen LogP contribution in [0.4, 0.5) is 0 Å². The highest BCUT2D eigenvalue weighted by Crippen LogP contribution is 2.23. The lowest BCUT2D eigenvalue weighted by molar-refractivity contribution is -0.132. The van der Waals surface area contributed by atoms with Gasteiger partial charge in [0.2, 0.25) is 5.91 Å². The van der Waals surface area contributed by atoms with Crippen molar-refractivity contribution in [3.05, 3.63) is 12.7 Å². The molecule has 13 heavy (non-hydrogen) atoms. The lowest BCUT2D eigenvalue weighted by Crippen LogP contribution is -2.38.